The van der Waals surface area contributed by atoms with Crippen molar-refractivity contribution in [1.29, 1.82) is 0 Å². The van der Waals surface area contributed by atoms with E-state index in [1.54, 1.807) is 7.11 Å². The Morgan fingerprint density at radius 1 is 1.60 bits per heavy atom. The second kappa shape index (κ2) is 6.08. The van der Waals surface area contributed by atoms with Crippen LogP contribution in [0.15, 0.2) is 0 Å². The third-order valence-electron chi connectivity index (χ3n) is 2.96. The topological polar surface area (TPSA) is 41.6 Å². The molecular formula is C11H22N2O2. The molecule has 0 aromatic carbocycles. The molecule has 1 saturated heterocycles. The Labute approximate surface area is 92.0 Å². The fourth-order valence-corrected chi connectivity index (χ4v) is 2.12. The molecule has 1 heterocycles. The van der Waals surface area contributed by atoms with Crippen molar-refractivity contribution in [1.82, 2.24) is 10.2 Å². The highest BCUT2D eigenvalue weighted by Gasteiger charge is 2.34. The van der Waals surface area contributed by atoms with Crippen molar-refractivity contribution in [2.24, 2.45) is 0 Å². The number of hydrogen-bond acceptors (Lipinski definition) is 3. The number of likely N-dealkylation sites (N-methyl/N-ethyl adjacent to an activating group) is 1. The molecule has 1 aliphatic heterocycles. The number of amides is 1. The molecule has 1 fully saturated rings. The van der Waals surface area contributed by atoms with Crippen LogP contribution < -0.4 is 5.32 Å². The molecular weight excluding hydrogens is 192 g/mol. The summed E-state index contributed by atoms with van der Waals surface area (Å²) in [6, 6.07) is 0.270. The maximum Gasteiger partial charge on any atom is 0.240 e. The first-order valence-electron chi connectivity index (χ1n) is 5.77. The van der Waals surface area contributed by atoms with Gasteiger partial charge in [0.25, 0.3) is 0 Å². The van der Waals surface area contributed by atoms with Crippen LogP contribution in [-0.2, 0) is 9.53 Å². The standard InChI is InChI=1S/C11H22N2O2/c1-4-9(8-15-3)13-7-6-10(11(13)14)12-5-2/h9-10,12H,4-8H2,1-3H3. The Kier molecular flexibility index (Phi) is 5.05. The van der Waals surface area contributed by atoms with Crippen LogP contribution in [0.3, 0.4) is 0 Å². The van der Waals surface area contributed by atoms with Gasteiger partial charge in [-0.25, -0.2) is 0 Å². The Hall–Kier alpha value is -0.610. The van der Waals surface area contributed by atoms with E-state index >= 15 is 0 Å². The predicted octanol–water partition coefficient (Wildman–Crippen LogP) is 0.622. The average molecular weight is 214 g/mol. The van der Waals surface area contributed by atoms with Gasteiger partial charge < -0.3 is 15.0 Å². The van der Waals surface area contributed by atoms with E-state index in [9.17, 15) is 4.79 Å². The first-order chi connectivity index (χ1) is 7.24. The third-order valence-corrected chi connectivity index (χ3v) is 2.96. The fraction of sp³-hybridized carbons (Fsp3) is 0.909. The van der Waals surface area contributed by atoms with Crippen LogP contribution in [0.2, 0.25) is 0 Å². The van der Waals surface area contributed by atoms with E-state index in [2.05, 4.69) is 12.2 Å². The van der Waals surface area contributed by atoms with E-state index in [-0.39, 0.29) is 18.0 Å². The molecule has 0 saturated carbocycles. The summed E-state index contributed by atoms with van der Waals surface area (Å²) in [6.07, 6.45) is 1.88. The van der Waals surface area contributed by atoms with Gasteiger partial charge in [-0.1, -0.05) is 13.8 Å². The molecule has 1 amide bonds. The second-order valence-electron chi connectivity index (χ2n) is 3.95. The average Bonchev–Trinajstić information content (AvgIpc) is 2.58. The van der Waals surface area contributed by atoms with Gasteiger partial charge in [0.2, 0.25) is 5.91 Å². The van der Waals surface area contributed by atoms with Crippen LogP contribution in [0.5, 0.6) is 0 Å². The minimum atomic E-state index is 0.0286. The molecule has 0 bridgehead atoms. The van der Waals surface area contributed by atoms with Crippen molar-refractivity contribution in [2.75, 3.05) is 26.8 Å². The number of carbonyl (C=O) groups excluding carboxylic acids is 1. The van der Waals surface area contributed by atoms with Crippen LogP contribution in [0.1, 0.15) is 26.7 Å². The van der Waals surface area contributed by atoms with Gasteiger partial charge in [0.1, 0.15) is 0 Å². The van der Waals surface area contributed by atoms with Crippen LogP contribution in [0, 0.1) is 0 Å². The second-order valence-corrected chi connectivity index (χ2v) is 3.95. The third kappa shape index (κ3) is 2.92. The number of rotatable bonds is 6. The Bertz CT molecular complexity index is 209. The van der Waals surface area contributed by atoms with Crippen molar-refractivity contribution in [2.45, 2.75) is 38.8 Å². The molecule has 1 N–H and O–H groups in total. The highest BCUT2D eigenvalue weighted by Crippen LogP contribution is 2.16. The molecule has 2 unspecified atom stereocenters. The molecule has 0 radical (unpaired) electrons. The molecule has 15 heavy (non-hydrogen) atoms. The smallest absolute Gasteiger partial charge is 0.240 e. The summed E-state index contributed by atoms with van der Waals surface area (Å²) >= 11 is 0. The van der Waals surface area contributed by atoms with Gasteiger partial charge in [0, 0.05) is 13.7 Å². The van der Waals surface area contributed by atoms with E-state index in [1.165, 1.54) is 0 Å². The van der Waals surface area contributed by atoms with Gasteiger partial charge in [-0.15, -0.1) is 0 Å². The van der Waals surface area contributed by atoms with Crippen LogP contribution in [0.25, 0.3) is 0 Å². The van der Waals surface area contributed by atoms with Crippen molar-refractivity contribution in [3.05, 3.63) is 0 Å². The van der Waals surface area contributed by atoms with Crippen molar-refractivity contribution in [3.8, 4) is 0 Å². The van der Waals surface area contributed by atoms with E-state index in [0.29, 0.717) is 6.61 Å². The molecule has 2 atom stereocenters. The minimum Gasteiger partial charge on any atom is -0.383 e. The van der Waals surface area contributed by atoms with Gasteiger partial charge in [-0.2, -0.15) is 0 Å². The number of nitrogens with zero attached hydrogens (tertiary/aromatic N) is 1. The molecule has 0 aliphatic carbocycles. The normalized spacial score (nSPS) is 23.5. The van der Waals surface area contributed by atoms with Gasteiger partial charge in [-0.05, 0) is 19.4 Å². The maximum atomic E-state index is 12.0. The lowest BCUT2D eigenvalue weighted by Gasteiger charge is -2.26. The first-order valence-corrected chi connectivity index (χ1v) is 5.77. The number of nitrogens with one attached hydrogen (secondary N) is 1. The SMILES string of the molecule is CCNC1CCN(C(CC)COC)C1=O. The van der Waals surface area contributed by atoms with E-state index in [1.807, 2.05) is 11.8 Å². The molecule has 4 nitrogen and oxygen atoms in total. The quantitative estimate of drug-likeness (QED) is 0.705. The molecule has 0 spiro atoms. The van der Waals surface area contributed by atoms with Gasteiger partial charge >= 0.3 is 0 Å². The van der Waals surface area contributed by atoms with E-state index in [4.69, 9.17) is 4.74 Å². The summed E-state index contributed by atoms with van der Waals surface area (Å²) in [4.78, 5) is 13.9. The predicted molar refractivity (Wildman–Crippen MR) is 59.7 cm³/mol. The summed E-state index contributed by atoms with van der Waals surface area (Å²) in [5.41, 5.74) is 0. The van der Waals surface area contributed by atoms with Gasteiger partial charge in [0.05, 0.1) is 18.7 Å². The van der Waals surface area contributed by atoms with Crippen molar-refractivity contribution < 1.29 is 9.53 Å². The summed E-state index contributed by atoms with van der Waals surface area (Å²) < 4.78 is 5.14. The highest BCUT2D eigenvalue weighted by atomic mass is 16.5. The van der Waals surface area contributed by atoms with Crippen LogP contribution in [0.4, 0.5) is 0 Å². The highest BCUT2D eigenvalue weighted by molar-refractivity contribution is 5.84. The fourth-order valence-electron chi connectivity index (χ4n) is 2.12. The van der Waals surface area contributed by atoms with E-state index < -0.39 is 0 Å². The maximum absolute atomic E-state index is 12.0. The number of ether oxygens (including phenoxy) is 1. The molecule has 0 aromatic rings. The molecule has 1 rings (SSSR count). The summed E-state index contributed by atoms with van der Waals surface area (Å²) in [7, 11) is 1.69. The Morgan fingerprint density at radius 2 is 2.33 bits per heavy atom. The summed E-state index contributed by atoms with van der Waals surface area (Å²) in [5.74, 6) is 0.237. The zero-order valence-electron chi connectivity index (χ0n) is 9.95. The molecule has 4 heteroatoms. The van der Waals surface area contributed by atoms with E-state index in [0.717, 1.165) is 25.9 Å². The number of methoxy groups -OCH3 is 1. The molecule has 88 valence electrons. The zero-order chi connectivity index (χ0) is 11.3. The van der Waals surface area contributed by atoms with Gasteiger partial charge in [0.15, 0.2) is 0 Å². The lowest BCUT2D eigenvalue weighted by atomic mass is 10.2. The zero-order valence-corrected chi connectivity index (χ0v) is 9.95. The summed E-state index contributed by atoms with van der Waals surface area (Å²) in [6.45, 7) is 6.48. The Morgan fingerprint density at radius 3 is 2.87 bits per heavy atom. The lowest BCUT2D eigenvalue weighted by molar-refractivity contribution is -0.132. The Balaban J connectivity index is 2.53. The van der Waals surface area contributed by atoms with Crippen LogP contribution in [-0.4, -0.2) is 49.7 Å². The van der Waals surface area contributed by atoms with Crippen LogP contribution >= 0.6 is 0 Å². The minimum absolute atomic E-state index is 0.0286. The molecule has 0 aromatic heterocycles. The van der Waals surface area contributed by atoms with Crippen molar-refractivity contribution >= 4 is 5.91 Å². The largest absolute Gasteiger partial charge is 0.383 e. The first kappa shape index (κ1) is 12.5. The van der Waals surface area contributed by atoms with Crippen molar-refractivity contribution in [3.63, 3.8) is 0 Å². The molecule has 1 aliphatic rings. The monoisotopic (exact) mass is 214 g/mol. The summed E-state index contributed by atoms with van der Waals surface area (Å²) in [5, 5.41) is 3.21. The lowest BCUT2D eigenvalue weighted by Crippen LogP contribution is -2.44. The number of hydrogen-bond donors (Lipinski definition) is 1. The number of carbonyl (C=O) groups is 1. The number of likely N-dealkylation sites (tertiary alicyclic amines) is 1. The van der Waals surface area contributed by atoms with Gasteiger partial charge in [-0.3, -0.25) is 4.79 Å².